The van der Waals surface area contributed by atoms with Gasteiger partial charge in [0.25, 0.3) is 17.7 Å². The molecule has 38 heavy (non-hydrogen) atoms. The lowest BCUT2D eigenvalue weighted by Crippen LogP contribution is -2.56. The van der Waals surface area contributed by atoms with E-state index in [4.69, 9.17) is 81.2 Å². The van der Waals surface area contributed by atoms with Crippen LogP contribution in [-0.2, 0) is 9.59 Å². The molecule has 1 heterocycles. The van der Waals surface area contributed by atoms with Gasteiger partial charge in [-0.2, -0.15) is 5.01 Å². The number of imide groups is 1. The first-order valence-corrected chi connectivity index (χ1v) is 13.4. The van der Waals surface area contributed by atoms with Crippen LogP contribution in [0.5, 0.6) is 0 Å². The Bertz CT molecular complexity index is 1420. The second kappa shape index (κ2) is 9.23. The molecule has 2 bridgehead atoms. The molecule has 0 radical (unpaired) electrons. The van der Waals surface area contributed by atoms with E-state index in [9.17, 15) is 23.6 Å². The average molecular weight is 660 g/mol. The third kappa shape index (κ3) is 3.46. The van der Waals surface area contributed by atoms with E-state index in [1.54, 1.807) is 6.07 Å². The first-order valence-electron chi connectivity index (χ1n) is 10.8. The predicted octanol–water partition coefficient (Wildman–Crippen LogP) is 6.17. The Balaban J connectivity index is 1.61. The zero-order valence-electron chi connectivity index (χ0n) is 18.5. The minimum atomic E-state index is -2.18. The molecular weight excluding hydrogens is 647 g/mol. The van der Waals surface area contributed by atoms with Crippen molar-refractivity contribution in [2.75, 3.05) is 6.54 Å². The van der Waals surface area contributed by atoms with Crippen molar-refractivity contribution in [1.82, 2.24) is 10.0 Å². The maximum Gasteiger partial charge on any atom is 0.274 e. The topological polar surface area (TPSA) is 74.8 Å². The minimum Gasteiger partial charge on any atom is -0.292 e. The first kappa shape index (κ1) is 28.0. The summed E-state index contributed by atoms with van der Waals surface area (Å²) in [5, 5.41) is 0.473. The molecule has 3 aliphatic rings. The number of nitrogens with zero attached hydrogens (tertiary/aromatic N) is 2. The summed E-state index contributed by atoms with van der Waals surface area (Å²) in [4.78, 5) is 50.3. The highest BCUT2D eigenvalue weighted by atomic mass is 35.5. The van der Waals surface area contributed by atoms with Crippen LogP contribution >= 0.6 is 81.2 Å². The second-order valence-corrected chi connectivity index (χ2v) is 12.5. The standard InChI is InChI=1S/C24H12Cl7FN2O4/c25-13-4-2-1-3-12(13)19(36)33(9-14(35)10-5-7-11(32)8-6-10)34-20(37)15-16(21(34)38)23(29)18(27)17(26)22(15,28)24(23,30)31/h1-8,15-16H,9H2/t15-,16-,22-,23-/m1/s1. The summed E-state index contributed by atoms with van der Waals surface area (Å²) in [6.45, 7) is -0.807. The fraction of sp³-hybridized carbons (Fsp3) is 0.250. The van der Waals surface area contributed by atoms with Gasteiger partial charge in [-0.1, -0.05) is 70.1 Å². The van der Waals surface area contributed by atoms with Crippen LogP contribution in [0.15, 0.2) is 58.6 Å². The third-order valence-electron chi connectivity index (χ3n) is 6.93. The second-order valence-electron chi connectivity index (χ2n) is 8.84. The van der Waals surface area contributed by atoms with Crippen molar-refractivity contribution in [3.05, 3.63) is 80.6 Å². The number of carbonyl (C=O) groups is 4. The molecule has 0 N–H and O–H groups in total. The first-order chi connectivity index (χ1) is 17.7. The number of amides is 3. The smallest absolute Gasteiger partial charge is 0.274 e. The van der Waals surface area contributed by atoms with Gasteiger partial charge in [0, 0.05) is 5.56 Å². The van der Waals surface area contributed by atoms with Gasteiger partial charge in [-0.15, -0.1) is 23.2 Å². The van der Waals surface area contributed by atoms with Crippen molar-refractivity contribution in [1.29, 1.82) is 0 Å². The monoisotopic (exact) mass is 656 g/mol. The van der Waals surface area contributed by atoms with E-state index in [2.05, 4.69) is 0 Å². The Kier molecular flexibility index (Phi) is 6.79. The van der Waals surface area contributed by atoms with Crippen LogP contribution in [0, 0.1) is 17.7 Å². The van der Waals surface area contributed by atoms with Crippen molar-refractivity contribution in [3.8, 4) is 0 Å². The Morgan fingerprint density at radius 1 is 0.842 bits per heavy atom. The molecule has 6 nitrogen and oxygen atoms in total. The largest absolute Gasteiger partial charge is 0.292 e. The normalized spacial score (nSPS) is 29.2. The number of rotatable bonds is 5. The Labute approximate surface area is 250 Å². The molecule has 2 fully saturated rings. The summed E-state index contributed by atoms with van der Waals surface area (Å²) in [6, 6.07) is 10.3. The van der Waals surface area contributed by atoms with Crippen LogP contribution in [0.4, 0.5) is 4.39 Å². The number of carbonyl (C=O) groups excluding carboxylic acids is 4. The Morgan fingerprint density at radius 2 is 1.34 bits per heavy atom. The molecule has 198 valence electrons. The van der Waals surface area contributed by atoms with Crippen LogP contribution < -0.4 is 0 Å². The molecule has 2 aromatic carbocycles. The number of ketones is 1. The van der Waals surface area contributed by atoms with E-state index in [0.29, 0.717) is 10.0 Å². The molecule has 14 heteroatoms. The number of fused-ring (bicyclic) bond motifs is 5. The van der Waals surface area contributed by atoms with E-state index < -0.39 is 61.8 Å². The molecule has 1 saturated heterocycles. The number of hydrazine groups is 1. The molecule has 2 aromatic rings. The molecule has 2 aliphatic carbocycles. The summed E-state index contributed by atoms with van der Waals surface area (Å²) >= 11 is 45.4. The minimum absolute atomic E-state index is 0.00740. The summed E-state index contributed by atoms with van der Waals surface area (Å²) in [5.41, 5.74) is -0.0975. The predicted molar refractivity (Wildman–Crippen MR) is 142 cm³/mol. The van der Waals surface area contributed by atoms with E-state index >= 15 is 0 Å². The highest BCUT2D eigenvalue weighted by Crippen LogP contribution is 2.77. The zero-order valence-corrected chi connectivity index (χ0v) is 23.8. The van der Waals surface area contributed by atoms with Crippen molar-refractivity contribution >= 4 is 105 Å². The van der Waals surface area contributed by atoms with Gasteiger partial charge in [-0.3, -0.25) is 19.2 Å². The summed E-state index contributed by atoms with van der Waals surface area (Å²) in [7, 11) is 0. The number of benzene rings is 2. The molecule has 4 atom stereocenters. The van der Waals surface area contributed by atoms with Crippen LogP contribution in [0.3, 0.4) is 0 Å². The molecule has 3 amide bonds. The molecule has 1 saturated carbocycles. The lowest BCUT2D eigenvalue weighted by atomic mass is 9.84. The molecule has 5 rings (SSSR count). The Morgan fingerprint density at radius 3 is 1.84 bits per heavy atom. The maximum absolute atomic E-state index is 13.8. The summed E-state index contributed by atoms with van der Waals surface area (Å²) in [6.07, 6.45) is 0. The van der Waals surface area contributed by atoms with Crippen LogP contribution in [0.25, 0.3) is 0 Å². The lowest BCUT2D eigenvalue weighted by Gasteiger charge is -2.36. The number of hydrogen-bond acceptors (Lipinski definition) is 4. The molecule has 0 unspecified atom stereocenters. The van der Waals surface area contributed by atoms with E-state index in [1.165, 1.54) is 30.3 Å². The fourth-order valence-electron chi connectivity index (χ4n) is 5.09. The van der Waals surface area contributed by atoms with E-state index in [-0.39, 0.29) is 26.2 Å². The summed E-state index contributed by atoms with van der Waals surface area (Å²) in [5.74, 6) is -7.38. The number of alkyl halides is 4. The average Bonchev–Trinajstić information content (AvgIpc) is 3.26. The van der Waals surface area contributed by atoms with Crippen molar-refractivity contribution in [3.63, 3.8) is 0 Å². The zero-order chi connectivity index (χ0) is 27.9. The lowest BCUT2D eigenvalue weighted by molar-refractivity contribution is -0.154. The SMILES string of the molecule is O=C(CN(C(=O)c1ccccc1Cl)N1C(=O)[C@H]2[C@H](C1=O)[C@@]1(Cl)C(Cl)=C(Cl)[C@@]2(Cl)C1(Cl)Cl)c1ccc(F)cc1. The van der Waals surface area contributed by atoms with E-state index in [0.717, 1.165) is 12.1 Å². The van der Waals surface area contributed by atoms with Gasteiger partial charge in [-0.25, -0.2) is 9.40 Å². The molecule has 0 spiro atoms. The Hall–Kier alpha value is -1.58. The van der Waals surface area contributed by atoms with Crippen molar-refractivity contribution < 1.29 is 23.6 Å². The highest BCUT2D eigenvalue weighted by Gasteiger charge is 2.88. The maximum atomic E-state index is 13.8. The van der Waals surface area contributed by atoms with Gasteiger partial charge in [0.05, 0.1) is 32.5 Å². The van der Waals surface area contributed by atoms with Crippen LogP contribution in [0.1, 0.15) is 20.7 Å². The van der Waals surface area contributed by atoms with Gasteiger partial charge in [0.2, 0.25) is 0 Å². The quantitative estimate of drug-likeness (QED) is 0.219. The van der Waals surface area contributed by atoms with Crippen LogP contribution in [-0.4, -0.2) is 54.1 Å². The molecule has 1 aliphatic heterocycles. The van der Waals surface area contributed by atoms with Gasteiger partial charge < -0.3 is 0 Å². The highest BCUT2D eigenvalue weighted by molar-refractivity contribution is 6.66. The summed E-state index contributed by atoms with van der Waals surface area (Å²) < 4.78 is 11.2. The van der Waals surface area contributed by atoms with Crippen molar-refractivity contribution in [2.24, 2.45) is 11.8 Å². The van der Waals surface area contributed by atoms with E-state index in [1.807, 2.05) is 0 Å². The number of Topliss-reactive ketones (excluding diaryl/α,β-unsaturated/α-hetero) is 1. The number of halogens is 8. The van der Waals surface area contributed by atoms with Gasteiger partial charge in [0.15, 0.2) is 10.1 Å². The molecular formula is C24H12Cl7FN2O4. The number of allylic oxidation sites excluding steroid dienone is 2. The van der Waals surface area contributed by atoms with Gasteiger partial charge in [-0.05, 0) is 36.4 Å². The molecule has 0 aromatic heterocycles. The van der Waals surface area contributed by atoms with Gasteiger partial charge >= 0.3 is 0 Å². The fourth-order valence-corrected chi connectivity index (χ4v) is 8.23. The van der Waals surface area contributed by atoms with Gasteiger partial charge in [0.1, 0.15) is 22.1 Å². The van der Waals surface area contributed by atoms with Crippen LogP contribution in [0.2, 0.25) is 5.02 Å². The third-order valence-corrected chi connectivity index (χ3v) is 11.5. The van der Waals surface area contributed by atoms with Crippen molar-refractivity contribution in [2.45, 2.75) is 14.1 Å². The number of hydrogen-bond donors (Lipinski definition) is 0.